The molecule has 35 heavy (non-hydrogen) atoms. The van der Waals surface area contributed by atoms with E-state index in [0.29, 0.717) is 34.2 Å². The third-order valence-electron chi connectivity index (χ3n) is 5.97. The third-order valence-corrected chi connectivity index (χ3v) is 7.01. The van der Waals surface area contributed by atoms with Crippen molar-refractivity contribution in [1.29, 1.82) is 0 Å². The Morgan fingerprint density at radius 2 is 2.00 bits per heavy atom. The van der Waals surface area contributed by atoms with E-state index in [-0.39, 0.29) is 12.1 Å². The van der Waals surface area contributed by atoms with Gasteiger partial charge in [-0.05, 0) is 54.1 Å². The number of carbonyl (C=O) groups excluding carboxylic acids is 1. The van der Waals surface area contributed by atoms with Gasteiger partial charge in [-0.1, -0.05) is 23.8 Å². The first-order valence-corrected chi connectivity index (χ1v) is 11.5. The number of halogens is 3. The van der Waals surface area contributed by atoms with Crippen LogP contribution < -0.4 is 0 Å². The van der Waals surface area contributed by atoms with E-state index in [4.69, 9.17) is 5.11 Å². The van der Waals surface area contributed by atoms with Crippen molar-refractivity contribution in [2.75, 3.05) is 13.1 Å². The van der Waals surface area contributed by atoms with Crippen molar-refractivity contribution in [3.63, 3.8) is 0 Å². The number of hydrogen-bond donors (Lipinski definition) is 1. The zero-order valence-corrected chi connectivity index (χ0v) is 19.2. The van der Waals surface area contributed by atoms with Gasteiger partial charge in [0.25, 0.3) is 5.91 Å². The molecular formula is C24H19F3N4O3S. The minimum Gasteiger partial charge on any atom is -0.481 e. The molecule has 0 unspecified atom stereocenters. The zero-order chi connectivity index (χ0) is 24.9. The molecule has 7 nitrogen and oxygen atoms in total. The highest BCUT2D eigenvalue weighted by molar-refractivity contribution is 8.18. The van der Waals surface area contributed by atoms with Gasteiger partial charge in [-0.2, -0.15) is 23.3 Å². The van der Waals surface area contributed by atoms with Gasteiger partial charge in [0.2, 0.25) is 0 Å². The standard InChI is InChI=1S/C24H19F3N4O3S/c1-13-2-4-15(18(6-13)24(25,26)27)12-31-19-5-3-14(7-16(19)9-28-31)8-20-21(32)29-23(35-20)30-10-17(11-30)22(33)34/h2-9,17H,10-12H2,1H3,(H,33,34)/b20-8-. The van der Waals surface area contributed by atoms with Gasteiger partial charge in [-0.25, -0.2) is 0 Å². The van der Waals surface area contributed by atoms with Gasteiger partial charge in [-0.15, -0.1) is 0 Å². The molecule has 1 fully saturated rings. The second kappa shape index (κ2) is 8.56. The number of rotatable bonds is 4. The number of thioether (sulfide) groups is 1. The number of aromatic nitrogens is 2. The highest BCUT2D eigenvalue weighted by Crippen LogP contribution is 2.35. The summed E-state index contributed by atoms with van der Waals surface area (Å²) in [4.78, 5) is 29.5. The topological polar surface area (TPSA) is 87.8 Å². The second-order valence-electron chi connectivity index (χ2n) is 8.53. The Hall–Kier alpha value is -3.60. The van der Waals surface area contributed by atoms with Gasteiger partial charge in [-0.3, -0.25) is 14.3 Å². The molecule has 1 aromatic heterocycles. The van der Waals surface area contributed by atoms with Crippen molar-refractivity contribution in [2.24, 2.45) is 10.9 Å². The highest BCUT2D eigenvalue weighted by Gasteiger charge is 2.38. The number of aliphatic imine (C=N–C) groups is 1. The van der Waals surface area contributed by atoms with Crippen molar-refractivity contribution < 1.29 is 27.9 Å². The summed E-state index contributed by atoms with van der Waals surface area (Å²) in [6, 6.07) is 9.59. The number of carboxylic acids is 1. The lowest BCUT2D eigenvalue weighted by Gasteiger charge is -2.37. The number of nitrogens with zero attached hydrogens (tertiary/aromatic N) is 4. The Labute approximate surface area is 201 Å². The largest absolute Gasteiger partial charge is 0.481 e. The van der Waals surface area contributed by atoms with E-state index in [0.717, 1.165) is 17.0 Å². The fraction of sp³-hybridized carbons (Fsp3) is 0.250. The Kier molecular flexibility index (Phi) is 5.66. The molecule has 1 N–H and O–H groups in total. The maximum Gasteiger partial charge on any atom is 0.416 e. The lowest BCUT2D eigenvalue weighted by atomic mass is 10.0. The van der Waals surface area contributed by atoms with Gasteiger partial charge in [0.1, 0.15) is 0 Å². The van der Waals surface area contributed by atoms with E-state index in [2.05, 4.69) is 10.1 Å². The predicted molar refractivity (Wildman–Crippen MR) is 126 cm³/mol. The van der Waals surface area contributed by atoms with Crippen molar-refractivity contribution in [3.05, 3.63) is 69.8 Å². The Morgan fingerprint density at radius 3 is 2.71 bits per heavy atom. The van der Waals surface area contributed by atoms with E-state index >= 15 is 0 Å². The van der Waals surface area contributed by atoms with Crippen LogP contribution in [0.4, 0.5) is 13.2 Å². The molecule has 1 amide bonds. The first-order valence-electron chi connectivity index (χ1n) is 10.7. The smallest absolute Gasteiger partial charge is 0.416 e. The van der Waals surface area contributed by atoms with Crippen LogP contribution in [0.2, 0.25) is 0 Å². The third kappa shape index (κ3) is 4.55. The fourth-order valence-corrected chi connectivity index (χ4v) is 4.98. The van der Waals surface area contributed by atoms with Gasteiger partial charge < -0.3 is 10.0 Å². The molecule has 180 valence electrons. The maximum atomic E-state index is 13.5. The number of amides is 1. The summed E-state index contributed by atoms with van der Waals surface area (Å²) in [5.74, 6) is -1.70. The van der Waals surface area contributed by atoms with Crippen LogP contribution in [0, 0.1) is 12.8 Å². The maximum absolute atomic E-state index is 13.5. The molecule has 1 saturated heterocycles. The van der Waals surface area contributed by atoms with E-state index in [1.165, 1.54) is 22.5 Å². The molecule has 2 aromatic carbocycles. The molecule has 0 aliphatic carbocycles. The lowest BCUT2D eigenvalue weighted by Crippen LogP contribution is -2.51. The first kappa shape index (κ1) is 23.2. The summed E-state index contributed by atoms with van der Waals surface area (Å²) in [6.45, 7) is 2.24. The Balaban J connectivity index is 1.34. The number of aryl methyl sites for hydroxylation is 1. The average molecular weight is 501 g/mol. The summed E-state index contributed by atoms with van der Waals surface area (Å²) in [7, 11) is 0. The van der Waals surface area contributed by atoms with E-state index in [9.17, 15) is 22.8 Å². The molecule has 3 aromatic rings. The molecule has 0 spiro atoms. The first-order chi connectivity index (χ1) is 16.6. The van der Waals surface area contributed by atoms with Gasteiger partial charge in [0.15, 0.2) is 5.17 Å². The summed E-state index contributed by atoms with van der Waals surface area (Å²) in [5.41, 5.74) is 1.39. The van der Waals surface area contributed by atoms with Crippen LogP contribution in [0.3, 0.4) is 0 Å². The Morgan fingerprint density at radius 1 is 1.23 bits per heavy atom. The number of carboxylic acid groups (broad SMARTS) is 1. The Bertz CT molecular complexity index is 1420. The van der Waals surface area contributed by atoms with Crippen LogP contribution >= 0.6 is 11.8 Å². The molecule has 3 heterocycles. The molecule has 0 atom stereocenters. The SMILES string of the molecule is Cc1ccc(Cn2ncc3cc(/C=C4\SC(N5CC(C(=O)O)C5)=NC4=O)ccc32)c(C(F)(F)F)c1. The molecule has 5 rings (SSSR count). The average Bonchev–Trinajstić information content (AvgIpc) is 3.30. The summed E-state index contributed by atoms with van der Waals surface area (Å²) in [6.07, 6.45) is -1.19. The fourth-order valence-electron chi connectivity index (χ4n) is 4.05. The minimum absolute atomic E-state index is 0.0300. The summed E-state index contributed by atoms with van der Waals surface area (Å²) >= 11 is 1.20. The molecule has 11 heteroatoms. The van der Waals surface area contributed by atoms with Crippen LogP contribution in [0.15, 0.2) is 52.5 Å². The normalized spacial score (nSPS) is 17.8. The van der Waals surface area contributed by atoms with Crippen LogP contribution in [-0.2, 0) is 22.3 Å². The summed E-state index contributed by atoms with van der Waals surface area (Å²) < 4.78 is 42.0. The van der Waals surface area contributed by atoms with Gasteiger partial charge in [0.05, 0.1) is 34.6 Å². The highest BCUT2D eigenvalue weighted by atomic mass is 32.2. The van der Waals surface area contributed by atoms with Crippen molar-refractivity contribution in [3.8, 4) is 0 Å². The van der Waals surface area contributed by atoms with Crippen molar-refractivity contribution in [1.82, 2.24) is 14.7 Å². The monoisotopic (exact) mass is 500 g/mol. The van der Waals surface area contributed by atoms with Crippen LogP contribution in [-0.4, -0.2) is 49.9 Å². The zero-order valence-electron chi connectivity index (χ0n) is 18.4. The quantitative estimate of drug-likeness (QED) is 0.535. The van der Waals surface area contributed by atoms with Crippen LogP contribution in [0.25, 0.3) is 17.0 Å². The van der Waals surface area contributed by atoms with Crippen LogP contribution in [0.1, 0.15) is 22.3 Å². The lowest BCUT2D eigenvalue weighted by molar-refractivity contribution is -0.145. The molecule has 0 saturated carbocycles. The molecule has 0 radical (unpaired) electrons. The minimum atomic E-state index is -4.46. The van der Waals surface area contributed by atoms with E-state index in [1.807, 2.05) is 6.07 Å². The molecule has 2 aliphatic heterocycles. The van der Waals surface area contributed by atoms with Crippen molar-refractivity contribution in [2.45, 2.75) is 19.6 Å². The number of fused-ring (bicyclic) bond motifs is 1. The predicted octanol–water partition coefficient (Wildman–Crippen LogP) is 4.40. The van der Waals surface area contributed by atoms with E-state index in [1.54, 1.807) is 42.3 Å². The number of amidine groups is 1. The number of carbonyl (C=O) groups is 2. The van der Waals surface area contributed by atoms with Gasteiger partial charge in [0, 0.05) is 18.5 Å². The van der Waals surface area contributed by atoms with E-state index < -0.39 is 29.5 Å². The van der Waals surface area contributed by atoms with Gasteiger partial charge >= 0.3 is 12.1 Å². The number of alkyl halides is 3. The number of aliphatic carboxylic acids is 1. The van der Waals surface area contributed by atoms with Crippen LogP contribution in [0.5, 0.6) is 0 Å². The number of benzene rings is 2. The second-order valence-corrected chi connectivity index (χ2v) is 9.54. The molecule has 2 aliphatic rings. The number of hydrogen-bond acceptors (Lipinski definition) is 5. The number of likely N-dealkylation sites (tertiary alicyclic amines) is 1. The molecular weight excluding hydrogens is 481 g/mol. The molecule has 0 bridgehead atoms. The summed E-state index contributed by atoms with van der Waals surface area (Å²) in [5, 5.41) is 14.5. The van der Waals surface area contributed by atoms with Crippen molar-refractivity contribution >= 4 is 45.8 Å².